The summed E-state index contributed by atoms with van der Waals surface area (Å²) in [4.78, 5) is 19.0. The van der Waals surface area contributed by atoms with Crippen molar-refractivity contribution in [2.75, 3.05) is 22.9 Å². The third-order valence-electron chi connectivity index (χ3n) is 4.12. The summed E-state index contributed by atoms with van der Waals surface area (Å²) < 4.78 is 32.0. The van der Waals surface area contributed by atoms with Crippen LogP contribution in [0.5, 0.6) is 0 Å². The molecule has 1 aliphatic rings. The summed E-state index contributed by atoms with van der Waals surface area (Å²) in [5.74, 6) is 0.651. The lowest BCUT2D eigenvalue weighted by atomic mass is 10.1. The van der Waals surface area contributed by atoms with Gasteiger partial charge in [-0.05, 0) is 31.0 Å². The van der Waals surface area contributed by atoms with Crippen LogP contribution in [0, 0.1) is 0 Å². The molecule has 3 rings (SSSR count). The zero-order valence-corrected chi connectivity index (χ0v) is 15.1. The minimum atomic E-state index is -3.54. The van der Waals surface area contributed by atoms with E-state index < -0.39 is 16.1 Å². The Morgan fingerprint density at radius 3 is 2.96 bits per heavy atom. The molecule has 10 heteroatoms. The van der Waals surface area contributed by atoms with E-state index in [1.807, 2.05) is 0 Å². The number of hydrogen-bond acceptors (Lipinski definition) is 6. The van der Waals surface area contributed by atoms with Gasteiger partial charge < -0.3 is 15.5 Å². The standard InChI is InChI=1S/C16H21N5O4S/c1-25-16(22)19-10-5-6-11-13(8-10)21-26(23,24)7-3-2-4-12(17)15-18-9-14(11)20-15/h5-6,8-9,12,21H,2-4,7,17H2,1H3,(H,18,20)(H,19,22)/t12-/m0/s1. The number of aromatic nitrogens is 2. The number of nitrogens with zero attached hydrogens (tertiary/aromatic N) is 1. The van der Waals surface area contributed by atoms with Crippen LogP contribution < -0.4 is 15.8 Å². The number of nitrogens with two attached hydrogens (primary N) is 1. The van der Waals surface area contributed by atoms with E-state index in [0.717, 1.165) is 0 Å². The van der Waals surface area contributed by atoms with Gasteiger partial charge in [-0.3, -0.25) is 10.0 Å². The minimum absolute atomic E-state index is 0.00717. The minimum Gasteiger partial charge on any atom is -0.453 e. The molecule has 0 saturated heterocycles. The predicted octanol–water partition coefficient (Wildman–Crippen LogP) is 2.18. The monoisotopic (exact) mass is 379 g/mol. The molecule has 1 aromatic heterocycles. The molecule has 0 radical (unpaired) electrons. The lowest BCUT2D eigenvalue weighted by Crippen LogP contribution is -2.19. The Hall–Kier alpha value is -2.59. The summed E-state index contributed by atoms with van der Waals surface area (Å²) >= 11 is 0. The van der Waals surface area contributed by atoms with Crippen LogP contribution in [0.2, 0.25) is 0 Å². The molecule has 2 heterocycles. The molecule has 1 amide bonds. The van der Waals surface area contributed by atoms with E-state index in [9.17, 15) is 13.2 Å². The predicted molar refractivity (Wildman–Crippen MR) is 98.2 cm³/mol. The van der Waals surface area contributed by atoms with Crippen molar-refractivity contribution in [3.63, 3.8) is 0 Å². The molecule has 1 aromatic carbocycles. The summed E-state index contributed by atoms with van der Waals surface area (Å²) in [5.41, 5.74) is 8.00. The Labute approximate surface area is 151 Å². The van der Waals surface area contributed by atoms with Gasteiger partial charge in [-0.15, -0.1) is 0 Å². The number of anilines is 2. The van der Waals surface area contributed by atoms with E-state index in [1.54, 1.807) is 18.3 Å². The van der Waals surface area contributed by atoms with Gasteiger partial charge in [0.25, 0.3) is 0 Å². The van der Waals surface area contributed by atoms with Crippen LogP contribution in [0.1, 0.15) is 31.1 Å². The van der Waals surface area contributed by atoms with Crippen molar-refractivity contribution >= 4 is 27.5 Å². The number of methoxy groups -OCH3 is 1. The van der Waals surface area contributed by atoms with E-state index in [-0.39, 0.29) is 11.8 Å². The third kappa shape index (κ3) is 4.14. The highest BCUT2D eigenvalue weighted by Gasteiger charge is 2.19. The molecule has 0 unspecified atom stereocenters. The fourth-order valence-corrected chi connectivity index (χ4v) is 3.97. The number of rotatable bonds is 1. The van der Waals surface area contributed by atoms with Crippen LogP contribution in [-0.4, -0.2) is 37.3 Å². The Balaban J connectivity index is 2.06. The SMILES string of the molecule is COC(=O)Nc1ccc2c(c1)NS(=O)(=O)CCCC[C@H](N)c1nc-2c[nH]1. The fourth-order valence-electron chi connectivity index (χ4n) is 2.77. The normalized spacial score (nSPS) is 19.2. The highest BCUT2D eigenvalue weighted by atomic mass is 32.2. The summed E-state index contributed by atoms with van der Waals surface area (Å²) in [6.07, 6.45) is 2.86. The van der Waals surface area contributed by atoms with E-state index in [4.69, 9.17) is 5.73 Å². The summed E-state index contributed by atoms with van der Waals surface area (Å²) in [6, 6.07) is 4.58. The maximum atomic E-state index is 12.4. The molecule has 2 bridgehead atoms. The number of sulfonamides is 1. The molecule has 9 nitrogen and oxygen atoms in total. The van der Waals surface area contributed by atoms with Crippen molar-refractivity contribution in [3.05, 3.63) is 30.2 Å². The molecule has 0 spiro atoms. The lowest BCUT2D eigenvalue weighted by molar-refractivity contribution is 0.187. The second kappa shape index (κ2) is 7.34. The second-order valence-corrected chi connectivity index (χ2v) is 7.91. The van der Waals surface area contributed by atoms with Gasteiger partial charge in [0.2, 0.25) is 10.0 Å². The summed E-state index contributed by atoms with van der Waals surface area (Å²) in [6.45, 7) is 0. The molecule has 5 N–H and O–H groups in total. The summed E-state index contributed by atoms with van der Waals surface area (Å²) in [7, 11) is -2.29. The van der Waals surface area contributed by atoms with Crippen LogP contribution in [0.3, 0.4) is 0 Å². The first kappa shape index (κ1) is 18.2. The Kier molecular flexibility index (Phi) is 5.14. The van der Waals surface area contributed by atoms with Crippen LogP contribution in [0.4, 0.5) is 16.2 Å². The number of imidazole rings is 1. The Morgan fingerprint density at radius 1 is 1.38 bits per heavy atom. The maximum Gasteiger partial charge on any atom is 0.411 e. The van der Waals surface area contributed by atoms with Gasteiger partial charge in [0.1, 0.15) is 5.82 Å². The molecule has 1 atom stereocenters. The van der Waals surface area contributed by atoms with Gasteiger partial charge in [0, 0.05) is 17.4 Å². The van der Waals surface area contributed by atoms with Gasteiger partial charge in [0.05, 0.1) is 30.3 Å². The van der Waals surface area contributed by atoms with E-state index >= 15 is 0 Å². The maximum absolute atomic E-state index is 12.4. The van der Waals surface area contributed by atoms with E-state index in [1.165, 1.54) is 13.2 Å². The number of ether oxygens (including phenoxy) is 1. The van der Waals surface area contributed by atoms with Gasteiger partial charge in [-0.2, -0.15) is 0 Å². The number of fused-ring (bicyclic) bond motifs is 4. The van der Waals surface area contributed by atoms with Crippen LogP contribution in [0.25, 0.3) is 11.3 Å². The number of carbonyl (C=O) groups excluding carboxylic acids is 1. The molecular weight excluding hydrogens is 358 g/mol. The van der Waals surface area contributed by atoms with Gasteiger partial charge in [0.15, 0.2) is 0 Å². The van der Waals surface area contributed by atoms with Crippen LogP contribution in [0.15, 0.2) is 24.4 Å². The number of amides is 1. The molecule has 0 aliphatic carbocycles. The van der Waals surface area contributed by atoms with Crippen LogP contribution in [-0.2, 0) is 14.8 Å². The van der Waals surface area contributed by atoms with E-state index in [2.05, 4.69) is 24.7 Å². The van der Waals surface area contributed by atoms with Gasteiger partial charge >= 0.3 is 6.09 Å². The molecule has 2 aromatic rings. The number of benzene rings is 1. The first-order valence-corrected chi connectivity index (χ1v) is 9.84. The van der Waals surface area contributed by atoms with Crippen molar-refractivity contribution in [2.24, 2.45) is 5.73 Å². The number of H-pyrrole nitrogens is 1. The quantitative estimate of drug-likeness (QED) is 0.599. The van der Waals surface area contributed by atoms with Gasteiger partial charge in [-0.1, -0.05) is 6.42 Å². The highest BCUT2D eigenvalue weighted by molar-refractivity contribution is 7.92. The van der Waals surface area contributed by atoms with Crippen molar-refractivity contribution in [1.82, 2.24) is 9.97 Å². The zero-order chi connectivity index (χ0) is 18.7. The largest absolute Gasteiger partial charge is 0.453 e. The molecule has 140 valence electrons. The second-order valence-electron chi connectivity index (χ2n) is 6.07. The fraction of sp³-hybridized carbons (Fsp3) is 0.375. The van der Waals surface area contributed by atoms with Crippen molar-refractivity contribution in [3.8, 4) is 11.3 Å². The first-order valence-electron chi connectivity index (χ1n) is 8.19. The van der Waals surface area contributed by atoms with Crippen LogP contribution >= 0.6 is 0 Å². The van der Waals surface area contributed by atoms with Gasteiger partial charge in [-0.25, -0.2) is 18.2 Å². The Morgan fingerprint density at radius 2 is 2.19 bits per heavy atom. The van der Waals surface area contributed by atoms with Crippen molar-refractivity contribution < 1.29 is 17.9 Å². The first-order chi connectivity index (χ1) is 12.4. The average molecular weight is 379 g/mol. The zero-order valence-electron chi connectivity index (χ0n) is 14.3. The molecule has 26 heavy (non-hydrogen) atoms. The number of aromatic amines is 1. The Bertz CT molecular complexity index is 909. The number of hydrogen-bond donors (Lipinski definition) is 4. The smallest absolute Gasteiger partial charge is 0.411 e. The molecule has 1 aliphatic heterocycles. The number of carbonyl (C=O) groups is 1. The molecule has 0 fully saturated rings. The highest BCUT2D eigenvalue weighted by Crippen LogP contribution is 2.32. The lowest BCUT2D eigenvalue weighted by Gasteiger charge is -2.15. The summed E-state index contributed by atoms with van der Waals surface area (Å²) in [5, 5.41) is 2.52. The molecular formula is C16H21N5O4S. The van der Waals surface area contributed by atoms with E-state index in [0.29, 0.717) is 47.7 Å². The topological polar surface area (TPSA) is 139 Å². The third-order valence-corrected chi connectivity index (χ3v) is 5.48. The molecule has 0 saturated carbocycles. The van der Waals surface area contributed by atoms with Crippen molar-refractivity contribution in [1.29, 1.82) is 0 Å². The number of nitrogens with one attached hydrogen (secondary N) is 3. The van der Waals surface area contributed by atoms with Crippen molar-refractivity contribution in [2.45, 2.75) is 25.3 Å². The average Bonchev–Trinajstić information content (AvgIpc) is 3.07.